The zero-order valence-corrected chi connectivity index (χ0v) is 23.8. The molecule has 0 radical (unpaired) electrons. The molecule has 8 heteroatoms. The van der Waals surface area contributed by atoms with Crippen molar-refractivity contribution < 1.29 is 19.1 Å². The summed E-state index contributed by atoms with van der Waals surface area (Å²) in [4.78, 5) is 43.5. The quantitative estimate of drug-likeness (QED) is 0.430. The monoisotopic (exact) mass is 534 g/mol. The zero-order valence-electron chi connectivity index (χ0n) is 23.8. The van der Waals surface area contributed by atoms with Gasteiger partial charge in [-0.05, 0) is 106 Å². The zero-order chi connectivity index (χ0) is 27.9. The van der Waals surface area contributed by atoms with Crippen LogP contribution in [0.1, 0.15) is 95.6 Å². The van der Waals surface area contributed by atoms with E-state index in [9.17, 15) is 14.4 Å². The molecule has 4 saturated carbocycles. The number of nitrogens with one attached hydrogen (secondary N) is 3. The lowest BCUT2D eigenvalue weighted by molar-refractivity contribution is -0.125. The SMILES string of the molecule is CCC(C)[C@H](NC(=O)OC(C)(C)C)C(=O)NNC(=O)c1cc(C23CC4CC(CC(C4)C2)C3)c2ccccc2n1. The molecular formula is C31H42N4O4. The van der Waals surface area contributed by atoms with Gasteiger partial charge in [0, 0.05) is 5.39 Å². The Labute approximate surface area is 231 Å². The summed E-state index contributed by atoms with van der Waals surface area (Å²) in [5, 5.41) is 3.78. The maximum Gasteiger partial charge on any atom is 0.408 e. The molecule has 1 unspecified atom stereocenters. The largest absolute Gasteiger partial charge is 0.444 e. The minimum absolute atomic E-state index is 0.0918. The van der Waals surface area contributed by atoms with E-state index in [0.717, 1.165) is 28.7 Å². The van der Waals surface area contributed by atoms with Crippen molar-refractivity contribution in [1.82, 2.24) is 21.2 Å². The van der Waals surface area contributed by atoms with Crippen molar-refractivity contribution in [3.63, 3.8) is 0 Å². The number of carbonyl (C=O) groups excluding carboxylic acids is 3. The fraction of sp³-hybridized carbons (Fsp3) is 0.613. The highest BCUT2D eigenvalue weighted by atomic mass is 16.6. The number of fused-ring (bicyclic) bond motifs is 1. The Morgan fingerprint density at radius 2 is 1.64 bits per heavy atom. The smallest absolute Gasteiger partial charge is 0.408 e. The van der Waals surface area contributed by atoms with Gasteiger partial charge >= 0.3 is 6.09 Å². The highest BCUT2D eigenvalue weighted by Gasteiger charge is 2.52. The summed E-state index contributed by atoms with van der Waals surface area (Å²) in [6, 6.07) is 9.17. The molecule has 0 aliphatic heterocycles. The first-order chi connectivity index (χ1) is 18.5. The lowest BCUT2D eigenvalue weighted by Crippen LogP contribution is -2.55. The first-order valence-electron chi connectivity index (χ1n) is 14.5. The number of alkyl carbamates (subject to hydrolysis) is 1. The number of ether oxygens (including phenoxy) is 1. The summed E-state index contributed by atoms with van der Waals surface area (Å²) in [6.07, 6.45) is 7.55. The van der Waals surface area contributed by atoms with Gasteiger partial charge in [-0.1, -0.05) is 38.5 Å². The van der Waals surface area contributed by atoms with Crippen LogP contribution in [0, 0.1) is 23.7 Å². The van der Waals surface area contributed by atoms with E-state index in [2.05, 4.69) is 27.2 Å². The number of nitrogens with zero attached hydrogens (tertiary/aromatic N) is 1. The summed E-state index contributed by atoms with van der Waals surface area (Å²) < 4.78 is 5.34. The molecule has 6 rings (SSSR count). The molecular weight excluding hydrogens is 492 g/mol. The first-order valence-corrected chi connectivity index (χ1v) is 14.5. The Morgan fingerprint density at radius 3 is 2.23 bits per heavy atom. The lowest BCUT2D eigenvalue weighted by atomic mass is 9.48. The minimum Gasteiger partial charge on any atom is -0.444 e. The standard InChI is InChI=1S/C31H42N4O4/c1-6-18(2)26(33-29(38)39-30(3,4)5)28(37)35-34-27(36)25-14-23(22-9-7-8-10-24(22)32-25)31-15-19-11-20(16-31)13-21(12-19)17-31/h7-10,14,18-21,26H,6,11-13,15-17H2,1-5H3,(H,33,38)(H,34,36)(H,35,37)/t18?,19?,20?,21?,26-,31?/m0/s1. The minimum atomic E-state index is -0.864. The summed E-state index contributed by atoms with van der Waals surface area (Å²) in [6.45, 7) is 9.09. The van der Waals surface area contributed by atoms with Crippen LogP contribution in [0.4, 0.5) is 4.79 Å². The Hall–Kier alpha value is -3.16. The second-order valence-electron chi connectivity index (χ2n) is 13.2. The van der Waals surface area contributed by atoms with Crippen molar-refractivity contribution in [1.29, 1.82) is 0 Å². The number of hydrogen-bond donors (Lipinski definition) is 3. The maximum atomic E-state index is 13.3. The third-order valence-corrected chi connectivity index (χ3v) is 9.03. The van der Waals surface area contributed by atoms with Crippen LogP contribution in [-0.2, 0) is 14.9 Å². The van der Waals surface area contributed by atoms with Crippen LogP contribution >= 0.6 is 0 Å². The number of hydrazine groups is 1. The second kappa shape index (κ2) is 10.4. The molecule has 4 aliphatic carbocycles. The molecule has 0 saturated heterocycles. The van der Waals surface area contributed by atoms with Crippen LogP contribution < -0.4 is 16.2 Å². The van der Waals surface area contributed by atoms with E-state index >= 15 is 0 Å². The molecule has 4 bridgehead atoms. The van der Waals surface area contributed by atoms with E-state index in [4.69, 9.17) is 4.74 Å². The fourth-order valence-electron chi connectivity index (χ4n) is 7.57. The third kappa shape index (κ3) is 5.75. The van der Waals surface area contributed by atoms with Gasteiger partial charge in [0.05, 0.1) is 5.52 Å². The average molecular weight is 535 g/mol. The van der Waals surface area contributed by atoms with Gasteiger partial charge in [-0.3, -0.25) is 20.4 Å². The van der Waals surface area contributed by atoms with Gasteiger partial charge in [-0.25, -0.2) is 9.78 Å². The predicted molar refractivity (Wildman–Crippen MR) is 150 cm³/mol. The average Bonchev–Trinajstić information content (AvgIpc) is 2.87. The van der Waals surface area contributed by atoms with Crippen LogP contribution in [0.25, 0.3) is 10.9 Å². The van der Waals surface area contributed by atoms with E-state index < -0.39 is 29.6 Å². The Kier molecular flexibility index (Phi) is 7.33. The molecule has 4 aliphatic rings. The van der Waals surface area contributed by atoms with Crippen molar-refractivity contribution in [3.8, 4) is 0 Å². The molecule has 39 heavy (non-hydrogen) atoms. The summed E-state index contributed by atoms with van der Waals surface area (Å²) in [5.74, 6) is 1.17. The fourth-order valence-corrected chi connectivity index (χ4v) is 7.57. The molecule has 2 aromatic rings. The maximum absolute atomic E-state index is 13.3. The van der Waals surface area contributed by atoms with Gasteiger partial charge < -0.3 is 10.1 Å². The molecule has 3 N–H and O–H groups in total. The van der Waals surface area contributed by atoms with Crippen LogP contribution in [0.2, 0.25) is 0 Å². The number of amides is 3. The summed E-state index contributed by atoms with van der Waals surface area (Å²) in [7, 11) is 0. The molecule has 3 amide bonds. The Bertz CT molecular complexity index is 1230. The molecule has 1 heterocycles. The summed E-state index contributed by atoms with van der Waals surface area (Å²) in [5.41, 5.74) is 6.79. The van der Waals surface area contributed by atoms with Gasteiger partial charge in [0.15, 0.2) is 0 Å². The molecule has 8 nitrogen and oxygen atoms in total. The predicted octanol–water partition coefficient (Wildman–Crippen LogP) is 5.40. The molecule has 0 spiro atoms. The molecule has 4 fully saturated rings. The number of hydrogen-bond acceptors (Lipinski definition) is 5. The van der Waals surface area contributed by atoms with Gasteiger partial charge in [-0.15, -0.1) is 0 Å². The topological polar surface area (TPSA) is 109 Å². The van der Waals surface area contributed by atoms with Crippen molar-refractivity contribution in [2.45, 2.75) is 96.6 Å². The van der Waals surface area contributed by atoms with Gasteiger partial charge in [-0.2, -0.15) is 0 Å². The van der Waals surface area contributed by atoms with Crippen LogP contribution in [0.3, 0.4) is 0 Å². The van der Waals surface area contributed by atoms with E-state index in [1.54, 1.807) is 20.8 Å². The molecule has 1 aromatic carbocycles. The van der Waals surface area contributed by atoms with Crippen molar-refractivity contribution in [3.05, 3.63) is 41.6 Å². The Morgan fingerprint density at radius 1 is 1.03 bits per heavy atom. The van der Waals surface area contributed by atoms with Gasteiger partial charge in [0.1, 0.15) is 17.3 Å². The third-order valence-electron chi connectivity index (χ3n) is 9.03. The number of benzene rings is 1. The van der Waals surface area contributed by atoms with Crippen molar-refractivity contribution >= 4 is 28.8 Å². The Balaban J connectivity index is 1.35. The van der Waals surface area contributed by atoms with E-state index in [0.29, 0.717) is 12.1 Å². The van der Waals surface area contributed by atoms with Crippen LogP contribution in [-0.4, -0.2) is 34.5 Å². The number of aromatic nitrogens is 1. The highest BCUT2D eigenvalue weighted by Crippen LogP contribution is 2.61. The van der Waals surface area contributed by atoms with Crippen molar-refractivity contribution in [2.24, 2.45) is 23.7 Å². The molecule has 210 valence electrons. The van der Waals surface area contributed by atoms with Gasteiger partial charge in [0.2, 0.25) is 0 Å². The van der Waals surface area contributed by atoms with Crippen molar-refractivity contribution in [2.75, 3.05) is 0 Å². The number of para-hydroxylation sites is 1. The highest BCUT2D eigenvalue weighted by molar-refractivity contribution is 5.97. The normalized spacial score (nSPS) is 27.1. The number of pyridine rings is 1. The number of carbonyl (C=O) groups is 3. The van der Waals surface area contributed by atoms with E-state index in [1.807, 2.05) is 38.1 Å². The first kappa shape index (κ1) is 27.4. The summed E-state index contributed by atoms with van der Waals surface area (Å²) >= 11 is 0. The van der Waals surface area contributed by atoms with Crippen LogP contribution in [0.5, 0.6) is 0 Å². The molecule has 2 atom stereocenters. The van der Waals surface area contributed by atoms with Gasteiger partial charge in [0.25, 0.3) is 11.8 Å². The molecule has 1 aromatic heterocycles. The second-order valence-corrected chi connectivity index (χ2v) is 13.2. The van der Waals surface area contributed by atoms with E-state index in [1.165, 1.54) is 44.1 Å². The van der Waals surface area contributed by atoms with E-state index in [-0.39, 0.29) is 11.3 Å². The lowest BCUT2D eigenvalue weighted by Gasteiger charge is -2.57. The van der Waals surface area contributed by atoms with Crippen LogP contribution in [0.15, 0.2) is 30.3 Å². The number of rotatable bonds is 6.